The number of ether oxygens (including phenoxy) is 2. The second-order valence-electron chi connectivity index (χ2n) is 3.76. The number of carbonyl (C=O) groups is 2. The zero-order valence-corrected chi connectivity index (χ0v) is 10.8. The van der Waals surface area contributed by atoms with Crippen molar-refractivity contribution in [3.8, 4) is 0 Å². The Kier molecular flexibility index (Phi) is 9.35. The van der Waals surface area contributed by atoms with Gasteiger partial charge in [-0.15, -0.1) is 0 Å². The van der Waals surface area contributed by atoms with E-state index in [0.717, 1.165) is 18.9 Å². The van der Waals surface area contributed by atoms with Crippen molar-refractivity contribution >= 4 is 11.9 Å². The van der Waals surface area contributed by atoms with Crippen molar-refractivity contribution in [2.24, 2.45) is 5.92 Å². The molecule has 1 amide bonds. The molecule has 102 valence electrons. The normalized spacial score (nSPS) is 11.2. The van der Waals surface area contributed by atoms with Crippen LogP contribution >= 0.6 is 0 Å². The van der Waals surface area contributed by atoms with Gasteiger partial charge >= 0.3 is 5.97 Å². The molecule has 0 aliphatic rings. The van der Waals surface area contributed by atoms with Crippen molar-refractivity contribution in [1.82, 2.24) is 5.32 Å². The fourth-order valence-corrected chi connectivity index (χ4v) is 1.09. The summed E-state index contributed by atoms with van der Waals surface area (Å²) in [7, 11) is 0. The quantitative estimate of drug-likeness (QED) is 0.277. The third-order valence-electron chi connectivity index (χ3n) is 2.19. The van der Waals surface area contributed by atoms with Crippen molar-refractivity contribution in [3.05, 3.63) is 25.5 Å². The second kappa shape index (κ2) is 10.4. The van der Waals surface area contributed by atoms with E-state index < -0.39 is 0 Å². The highest BCUT2D eigenvalue weighted by molar-refractivity contribution is 5.87. The molecule has 5 nitrogen and oxygen atoms in total. The monoisotopic (exact) mass is 255 g/mol. The Bertz CT molecular complexity index is 289. The van der Waals surface area contributed by atoms with E-state index in [4.69, 9.17) is 9.47 Å². The van der Waals surface area contributed by atoms with Crippen molar-refractivity contribution < 1.29 is 19.1 Å². The molecule has 1 atom stereocenters. The van der Waals surface area contributed by atoms with Gasteiger partial charge in [-0.25, -0.2) is 0 Å². The van der Waals surface area contributed by atoms with Crippen LogP contribution in [0.25, 0.3) is 0 Å². The number of hydrogen-bond acceptors (Lipinski definition) is 4. The highest BCUT2D eigenvalue weighted by atomic mass is 16.5. The molecule has 0 heterocycles. The molecule has 5 heteroatoms. The topological polar surface area (TPSA) is 64.6 Å². The molecule has 0 radical (unpaired) electrons. The van der Waals surface area contributed by atoms with Crippen LogP contribution in [0.5, 0.6) is 0 Å². The number of amides is 1. The molecular formula is C13H21NO4. The Hall–Kier alpha value is -1.78. The van der Waals surface area contributed by atoms with E-state index in [-0.39, 0.29) is 24.3 Å². The number of rotatable bonds is 10. The molecule has 0 saturated heterocycles. The lowest BCUT2D eigenvalue weighted by Gasteiger charge is -2.11. The van der Waals surface area contributed by atoms with Gasteiger partial charge in [0.2, 0.25) is 5.91 Å². The highest BCUT2D eigenvalue weighted by Crippen LogP contribution is 1.99. The van der Waals surface area contributed by atoms with Crippen LogP contribution in [0, 0.1) is 5.92 Å². The van der Waals surface area contributed by atoms with Crippen LogP contribution in [0.4, 0.5) is 0 Å². The summed E-state index contributed by atoms with van der Waals surface area (Å²) < 4.78 is 9.98. The molecule has 0 fully saturated rings. The van der Waals surface area contributed by atoms with Crippen LogP contribution in [-0.4, -0.2) is 31.6 Å². The van der Waals surface area contributed by atoms with Crippen LogP contribution < -0.4 is 5.32 Å². The van der Waals surface area contributed by atoms with Crippen molar-refractivity contribution in [2.45, 2.75) is 19.8 Å². The maximum Gasteiger partial charge on any atom is 0.310 e. The van der Waals surface area contributed by atoms with Gasteiger partial charge in [0.15, 0.2) is 0 Å². The molecule has 0 aromatic carbocycles. The largest absolute Gasteiger partial charge is 0.502 e. The van der Waals surface area contributed by atoms with Gasteiger partial charge in [0.25, 0.3) is 0 Å². The Morgan fingerprint density at radius 3 is 2.56 bits per heavy atom. The van der Waals surface area contributed by atoms with E-state index in [1.54, 1.807) is 6.92 Å². The fraction of sp³-hybridized carbons (Fsp3) is 0.538. The summed E-state index contributed by atoms with van der Waals surface area (Å²) in [5, 5.41) is 2.54. The molecule has 18 heavy (non-hydrogen) atoms. The number of esters is 1. The van der Waals surface area contributed by atoms with Crippen LogP contribution in [0.1, 0.15) is 19.8 Å². The number of hydrogen-bond donors (Lipinski definition) is 1. The predicted octanol–water partition coefficient (Wildman–Crippen LogP) is 1.41. The van der Waals surface area contributed by atoms with E-state index in [2.05, 4.69) is 18.5 Å². The zero-order chi connectivity index (χ0) is 13.8. The lowest BCUT2D eigenvalue weighted by molar-refractivity contribution is -0.148. The van der Waals surface area contributed by atoms with Crippen molar-refractivity contribution in [2.75, 3.05) is 19.8 Å². The first-order valence-electron chi connectivity index (χ1n) is 5.91. The summed E-state index contributed by atoms with van der Waals surface area (Å²) >= 11 is 0. The Labute approximate surface area is 108 Å². The number of carbonyl (C=O) groups excluding carboxylic acids is 2. The van der Waals surface area contributed by atoms with Gasteiger partial charge in [0, 0.05) is 6.54 Å². The molecule has 0 spiro atoms. The molecule has 1 unspecified atom stereocenters. The van der Waals surface area contributed by atoms with Gasteiger partial charge in [-0.3, -0.25) is 9.59 Å². The van der Waals surface area contributed by atoms with Crippen LogP contribution in [0.3, 0.4) is 0 Å². The molecule has 0 rings (SSSR count). The molecule has 0 saturated carbocycles. The average molecular weight is 255 g/mol. The summed E-state index contributed by atoms with van der Waals surface area (Å²) in [5.41, 5.74) is 0. The van der Waals surface area contributed by atoms with Crippen molar-refractivity contribution in [3.63, 3.8) is 0 Å². The minimum absolute atomic E-state index is 0.253. The summed E-state index contributed by atoms with van der Waals surface area (Å²) in [5.74, 6) is -0.974. The van der Waals surface area contributed by atoms with Gasteiger partial charge in [-0.05, 0) is 18.9 Å². The highest BCUT2D eigenvalue weighted by Gasteiger charge is 2.14. The van der Waals surface area contributed by atoms with Gasteiger partial charge in [0.05, 0.1) is 25.4 Å². The van der Waals surface area contributed by atoms with E-state index in [0.29, 0.717) is 13.2 Å². The van der Waals surface area contributed by atoms with Crippen molar-refractivity contribution in [1.29, 1.82) is 0 Å². The smallest absolute Gasteiger partial charge is 0.310 e. The lowest BCUT2D eigenvalue weighted by Crippen LogP contribution is -2.31. The molecule has 0 aromatic heterocycles. The van der Waals surface area contributed by atoms with E-state index >= 15 is 0 Å². The van der Waals surface area contributed by atoms with Gasteiger partial charge < -0.3 is 14.8 Å². The lowest BCUT2D eigenvalue weighted by atomic mass is 10.2. The number of unbranched alkanes of at least 4 members (excludes halogenated alkanes) is 1. The zero-order valence-electron chi connectivity index (χ0n) is 10.8. The van der Waals surface area contributed by atoms with E-state index in [1.807, 2.05) is 0 Å². The molecule has 0 aromatic rings. The Morgan fingerprint density at radius 2 is 1.94 bits per heavy atom. The third kappa shape index (κ3) is 8.38. The first-order valence-corrected chi connectivity index (χ1v) is 5.91. The average Bonchev–Trinajstić information content (AvgIpc) is 2.39. The molecule has 1 N–H and O–H groups in total. The first-order chi connectivity index (χ1) is 8.61. The molecule has 0 aliphatic heterocycles. The molecule has 0 bridgehead atoms. The van der Waals surface area contributed by atoms with Crippen LogP contribution in [0.2, 0.25) is 0 Å². The molecular weight excluding hydrogens is 234 g/mol. The SMILES string of the molecule is C=COCCCCOC(=O)C(C)CNC(=O)C=C. The minimum atomic E-state index is -0.363. The maximum absolute atomic E-state index is 11.5. The second-order valence-corrected chi connectivity index (χ2v) is 3.76. The molecule has 0 aliphatic carbocycles. The minimum Gasteiger partial charge on any atom is -0.502 e. The Morgan fingerprint density at radius 1 is 1.28 bits per heavy atom. The van der Waals surface area contributed by atoms with E-state index in [1.165, 1.54) is 6.26 Å². The van der Waals surface area contributed by atoms with Crippen LogP contribution in [-0.2, 0) is 19.1 Å². The summed E-state index contributed by atoms with van der Waals surface area (Å²) in [4.78, 5) is 22.4. The van der Waals surface area contributed by atoms with Gasteiger partial charge in [-0.2, -0.15) is 0 Å². The summed E-state index contributed by atoms with van der Waals surface area (Å²) in [6, 6.07) is 0. The van der Waals surface area contributed by atoms with E-state index in [9.17, 15) is 9.59 Å². The summed E-state index contributed by atoms with van der Waals surface area (Å²) in [6.07, 6.45) is 4.10. The fourth-order valence-electron chi connectivity index (χ4n) is 1.09. The summed E-state index contributed by atoms with van der Waals surface area (Å²) in [6.45, 7) is 9.63. The van der Waals surface area contributed by atoms with Crippen LogP contribution in [0.15, 0.2) is 25.5 Å². The Balaban J connectivity index is 3.58. The third-order valence-corrected chi connectivity index (χ3v) is 2.19. The predicted molar refractivity (Wildman–Crippen MR) is 68.7 cm³/mol. The van der Waals surface area contributed by atoms with Gasteiger partial charge in [-0.1, -0.05) is 20.1 Å². The van der Waals surface area contributed by atoms with Gasteiger partial charge in [0.1, 0.15) is 0 Å². The number of nitrogens with one attached hydrogen (secondary N) is 1. The standard InChI is InChI=1S/C13H21NO4/c1-4-12(15)14-10-11(3)13(16)18-9-7-6-8-17-5-2/h4-5,11H,1-2,6-10H2,3H3,(H,14,15). The maximum atomic E-state index is 11.5. The first kappa shape index (κ1) is 16.2.